The molecule has 0 saturated carbocycles. The third-order valence-electron chi connectivity index (χ3n) is 7.59. The van der Waals surface area contributed by atoms with Gasteiger partial charge < -0.3 is 20.3 Å². The van der Waals surface area contributed by atoms with Gasteiger partial charge in [0.25, 0.3) is 5.91 Å². The number of nitrogens with zero attached hydrogens (tertiary/aromatic N) is 2. The van der Waals surface area contributed by atoms with E-state index in [0.29, 0.717) is 42.3 Å². The first-order valence-corrected chi connectivity index (χ1v) is 13.9. The molecule has 210 valence electrons. The summed E-state index contributed by atoms with van der Waals surface area (Å²) in [5, 5.41) is 0.615. The average molecular weight is 562 g/mol. The zero-order chi connectivity index (χ0) is 29.0. The normalized spacial score (nSPS) is 16.7. The SMILES string of the molecule is CCN(C(=O)[C@@H]1C[C@H](C)N(C(=O)c2ccc(OCCC(C)(C)C(N)=O)cc2)c2ccccc21)c1ccc(Cl)cc1. The van der Waals surface area contributed by atoms with Crippen LogP contribution in [0.3, 0.4) is 0 Å². The minimum Gasteiger partial charge on any atom is -0.494 e. The predicted octanol–water partition coefficient (Wildman–Crippen LogP) is 6.20. The highest BCUT2D eigenvalue weighted by molar-refractivity contribution is 6.30. The van der Waals surface area contributed by atoms with Gasteiger partial charge in [0.15, 0.2) is 0 Å². The van der Waals surface area contributed by atoms with Crippen LogP contribution in [-0.4, -0.2) is 36.9 Å². The zero-order valence-electron chi connectivity index (χ0n) is 23.4. The Hall–Kier alpha value is -3.84. The van der Waals surface area contributed by atoms with E-state index in [-0.39, 0.29) is 29.7 Å². The van der Waals surface area contributed by atoms with Crippen LogP contribution in [0.5, 0.6) is 5.75 Å². The van der Waals surface area contributed by atoms with E-state index >= 15 is 0 Å². The summed E-state index contributed by atoms with van der Waals surface area (Å²) in [4.78, 5) is 42.7. The molecule has 0 aliphatic carbocycles. The van der Waals surface area contributed by atoms with Gasteiger partial charge in [0, 0.05) is 40.0 Å². The number of anilines is 2. The van der Waals surface area contributed by atoms with Crippen LogP contribution in [0.15, 0.2) is 72.8 Å². The number of nitrogens with two attached hydrogens (primary N) is 1. The van der Waals surface area contributed by atoms with Gasteiger partial charge in [0.1, 0.15) is 5.75 Å². The lowest BCUT2D eigenvalue weighted by Gasteiger charge is -2.40. The molecule has 0 aromatic heterocycles. The molecule has 3 aromatic rings. The minimum absolute atomic E-state index is 0.00256. The Morgan fingerprint density at radius 3 is 2.30 bits per heavy atom. The first kappa shape index (κ1) is 29.2. The molecule has 1 heterocycles. The number of likely N-dealkylation sites (N-methyl/N-ethyl adjacent to an activating group) is 1. The topological polar surface area (TPSA) is 92.9 Å². The van der Waals surface area contributed by atoms with Crippen molar-refractivity contribution in [2.24, 2.45) is 11.1 Å². The second-order valence-electron chi connectivity index (χ2n) is 10.8. The third-order valence-corrected chi connectivity index (χ3v) is 7.84. The van der Waals surface area contributed by atoms with Crippen LogP contribution in [0, 0.1) is 5.41 Å². The van der Waals surface area contributed by atoms with Crippen LogP contribution in [0.1, 0.15) is 62.4 Å². The molecule has 7 nitrogen and oxygen atoms in total. The molecule has 3 aromatic carbocycles. The number of benzene rings is 3. The summed E-state index contributed by atoms with van der Waals surface area (Å²) >= 11 is 6.06. The van der Waals surface area contributed by atoms with Gasteiger partial charge >= 0.3 is 0 Å². The van der Waals surface area contributed by atoms with Crippen molar-refractivity contribution in [3.8, 4) is 5.75 Å². The summed E-state index contributed by atoms with van der Waals surface area (Å²) in [5.41, 5.74) is 7.67. The Labute approximate surface area is 240 Å². The fourth-order valence-corrected chi connectivity index (χ4v) is 5.14. The molecule has 1 aliphatic heterocycles. The van der Waals surface area contributed by atoms with Crippen molar-refractivity contribution in [1.29, 1.82) is 0 Å². The molecule has 8 heteroatoms. The van der Waals surface area contributed by atoms with Gasteiger partial charge in [0.2, 0.25) is 11.8 Å². The molecule has 0 unspecified atom stereocenters. The molecule has 4 rings (SSSR count). The summed E-state index contributed by atoms with van der Waals surface area (Å²) in [5.74, 6) is -0.290. The summed E-state index contributed by atoms with van der Waals surface area (Å²) in [7, 11) is 0. The first-order chi connectivity index (χ1) is 19.0. The van der Waals surface area contributed by atoms with Crippen LogP contribution in [-0.2, 0) is 9.59 Å². The standard InChI is InChI=1S/C32H36ClN3O4/c1-5-35(24-14-12-23(33)13-15-24)30(38)27-20-21(2)36(28-9-7-6-8-26(27)28)29(37)22-10-16-25(17-11-22)40-19-18-32(3,4)31(34)39/h6-17,21,27H,5,18-20H2,1-4H3,(H2,34,39)/t21-,27+/m0/s1. The molecule has 3 amide bonds. The highest BCUT2D eigenvalue weighted by atomic mass is 35.5. The number of hydrogen-bond acceptors (Lipinski definition) is 4. The summed E-state index contributed by atoms with van der Waals surface area (Å²) in [6.45, 7) is 8.35. The molecular weight excluding hydrogens is 526 g/mol. The molecule has 2 atom stereocenters. The van der Waals surface area contributed by atoms with E-state index in [9.17, 15) is 14.4 Å². The average Bonchev–Trinajstić information content (AvgIpc) is 2.94. The molecule has 0 fully saturated rings. The lowest BCUT2D eigenvalue weighted by Crippen LogP contribution is -2.46. The van der Waals surface area contributed by atoms with Crippen molar-refractivity contribution in [3.05, 3.63) is 88.9 Å². The minimum atomic E-state index is -0.657. The number of para-hydroxylation sites is 1. The van der Waals surface area contributed by atoms with Gasteiger partial charge in [-0.05, 0) is 86.8 Å². The Kier molecular flexibility index (Phi) is 8.84. The number of rotatable bonds is 9. The Bertz CT molecular complexity index is 1370. The highest BCUT2D eigenvalue weighted by Gasteiger charge is 2.38. The number of carbonyl (C=O) groups excluding carboxylic acids is 3. The fraction of sp³-hybridized carbons (Fsp3) is 0.344. The number of primary amides is 1. The smallest absolute Gasteiger partial charge is 0.258 e. The second kappa shape index (κ2) is 12.1. The van der Waals surface area contributed by atoms with Gasteiger partial charge in [-0.1, -0.05) is 43.6 Å². The molecule has 40 heavy (non-hydrogen) atoms. The Balaban J connectivity index is 1.53. The van der Waals surface area contributed by atoms with Crippen molar-refractivity contribution in [2.75, 3.05) is 23.0 Å². The summed E-state index contributed by atoms with van der Waals surface area (Å²) in [6.07, 6.45) is 0.987. The maximum absolute atomic E-state index is 13.8. The molecule has 0 bridgehead atoms. The zero-order valence-corrected chi connectivity index (χ0v) is 24.1. The number of hydrogen-bond donors (Lipinski definition) is 1. The van der Waals surface area contributed by atoms with Gasteiger partial charge in [-0.25, -0.2) is 0 Å². The predicted molar refractivity (Wildman–Crippen MR) is 159 cm³/mol. The van der Waals surface area contributed by atoms with E-state index in [2.05, 4.69) is 0 Å². The lowest BCUT2D eigenvalue weighted by atomic mass is 9.84. The number of amides is 3. The fourth-order valence-electron chi connectivity index (χ4n) is 5.01. The largest absolute Gasteiger partial charge is 0.494 e. The van der Waals surface area contributed by atoms with E-state index in [4.69, 9.17) is 22.1 Å². The molecule has 0 radical (unpaired) electrons. The van der Waals surface area contributed by atoms with Crippen molar-refractivity contribution in [2.45, 2.75) is 52.5 Å². The van der Waals surface area contributed by atoms with E-state index < -0.39 is 5.41 Å². The van der Waals surface area contributed by atoms with E-state index in [1.165, 1.54) is 0 Å². The molecule has 0 saturated heterocycles. The van der Waals surface area contributed by atoms with Crippen LogP contribution >= 0.6 is 11.6 Å². The maximum Gasteiger partial charge on any atom is 0.258 e. The van der Waals surface area contributed by atoms with Crippen molar-refractivity contribution in [3.63, 3.8) is 0 Å². The number of ether oxygens (including phenoxy) is 1. The van der Waals surface area contributed by atoms with Crippen LogP contribution < -0.4 is 20.3 Å². The third kappa shape index (κ3) is 6.15. The van der Waals surface area contributed by atoms with Crippen LogP contribution in [0.4, 0.5) is 11.4 Å². The molecule has 0 spiro atoms. The molecule has 2 N–H and O–H groups in total. The van der Waals surface area contributed by atoms with Crippen LogP contribution in [0.2, 0.25) is 5.02 Å². The lowest BCUT2D eigenvalue weighted by molar-refractivity contribution is -0.126. The molecule has 1 aliphatic rings. The van der Waals surface area contributed by atoms with E-state index in [0.717, 1.165) is 16.9 Å². The second-order valence-corrected chi connectivity index (χ2v) is 11.2. The van der Waals surface area contributed by atoms with Crippen molar-refractivity contribution < 1.29 is 19.1 Å². The Morgan fingerprint density at radius 2 is 1.68 bits per heavy atom. The van der Waals surface area contributed by atoms with Gasteiger partial charge in [0.05, 0.1) is 12.5 Å². The first-order valence-electron chi connectivity index (χ1n) is 13.6. The quantitative estimate of drug-likeness (QED) is 0.337. The van der Waals surface area contributed by atoms with Crippen molar-refractivity contribution >= 4 is 40.7 Å². The van der Waals surface area contributed by atoms with E-state index in [1.807, 2.05) is 50.2 Å². The Morgan fingerprint density at radius 1 is 1.02 bits per heavy atom. The molecular formula is C32H36ClN3O4. The summed E-state index contributed by atoms with van der Waals surface area (Å²) < 4.78 is 5.78. The highest BCUT2D eigenvalue weighted by Crippen LogP contribution is 2.41. The van der Waals surface area contributed by atoms with Gasteiger partial charge in [-0.15, -0.1) is 0 Å². The van der Waals surface area contributed by atoms with Gasteiger partial charge in [-0.3, -0.25) is 14.4 Å². The summed E-state index contributed by atoms with van der Waals surface area (Å²) in [6, 6.07) is 21.7. The number of fused-ring (bicyclic) bond motifs is 1. The van der Waals surface area contributed by atoms with E-state index in [1.54, 1.807) is 60.0 Å². The van der Waals surface area contributed by atoms with Gasteiger partial charge in [-0.2, -0.15) is 0 Å². The number of carbonyl (C=O) groups is 3. The van der Waals surface area contributed by atoms with Crippen molar-refractivity contribution in [1.82, 2.24) is 0 Å². The monoisotopic (exact) mass is 561 g/mol. The maximum atomic E-state index is 13.8. The van der Waals surface area contributed by atoms with Crippen LogP contribution in [0.25, 0.3) is 0 Å². The number of halogens is 1.